The van der Waals surface area contributed by atoms with Gasteiger partial charge in [-0.25, -0.2) is 0 Å². The van der Waals surface area contributed by atoms with Crippen LogP contribution >= 0.6 is 0 Å². The van der Waals surface area contributed by atoms with Crippen LogP contribution in [-0.2, 0) is 14.3 Å². The van der Waals surface area contributed by atoms with E-state index >= 15 is 0 Å². The molecule has 0 aromatic rings. The van der Waals surface area contributed by atoms with E-state index in [1.54, 1.807) is 0 Å². The Morgan fingerprint density at radius 2 is 1.95 bits per heavy atom. The van der Waals surface area contributed by atoms with Crippen molar-refractivity contribution >= 4 is 11.8 Å². The summed E-state index contributed by atoms with van der Waals surface area (Å²) in [5.74, 6) is 0.458. The second kappa shape index (κ2) is 5.27. The maximum atomic E-state index is 13.0. The standard InChI is InChI=1S/C16H26N2O3/c1-4-13-14(19)17-16(3,10-6-7-10)15(20)18(13)11-8-12(9-11)21-5-2/h10-13H,4-9H2,1-3H3,(H,17,19). The summed E-state index contributed by atoms with van der Waals surface area (Å²) in [6.45, 7) is 6.58. The number of piperazine rings is 1. The molecule has 3 rings (SSSR count). The molecule has 0 aromatic heterocycles. The summed E-state index contributed by atoms with van der Waals surface area (Å²) in [5, 5.41) is 3.01. The zero-order valence-electron chi connectivity index (χ0n) is 13.2. The number of carbonyl (C=O) groups excluding carboxylic acids is 2. The smallest absolute Gasteiger partial charge is 0.249 e. The lowest BCUT2D eigenvalue weighted by Gasteiger charge is -2.51. The minimum atomic E-state index is -0.681. The summed E-state index contributed by atoms with van der Waals surface area (Å²) >= 11 is 0. The molecule has 1 N–H and O–H groups in total. The molecule has 2 aliphatic carbocycles. The molecular formula is C16H26N2O3. The van der Waals surface area contributed by atoms with Gasteiger partial charge in [0.2, 0.25) is 11.8 Å². The monoisotopic (exact) mass is 294 g/mol. The maximum Gasteiger partial charge on any atom is 0.249 e. The van der Waals surface area contributed by atoms with E-state index in [0.29, 0.717) is 18.9 Å². The SMILES string of the molecule is CCOC1CC(N2C(=O)C(C)(C3CC3)NC(=O)C2CC)C1. The Morgan fingerprint density at radius 1 is 1.29 bits per heavy atom. The quantitative estimate of drug-likeness (QED) is 0.835. The Hall–Kier alpha value is -1.10. The van der Waals surface area contributed by atoms with Crippen molar-refractivity contribution in [2.75, 3.05) is 6.61 Å². The van der Waals surface area contributed by atoms with Crippen LogP contribution in [0.2, 0.25) is 0 Å². The molecule has 1 heterocycles. The van der Waals surface area contributed by atoms with Gasteiger partial charge >= 0.3 is 0 Å². The van der Waals surface area contributed by atoms with Crippen molar-refractivity contribution in [3.8, 4) is 0 Å². The van der Waals surface area contributed by atoms with Gasteiger partial charge in [-0.05, 0) is 51.9 Å². The van der Waals surface area contributed by atoms with Gasteiger partial charge in [-0.1, -0.05) is 6.92 Å². The molecule has 2 amide bonds. The number of hydrogen-bond donors (Lipinski definition) is 1. The zero-order valence-corrected chi connectivity index (χ0v) is 13.2. The summed E-state index contributed by atoms with van der Waals surface area (Å²) in [6, 6.07) is -0.139. The van der Waals surface area contributed by atoms with Gasteiger partial charge in [-0.15, -0.1) is 0 Å². The second-order valence-electron chi connectivity index (χ2n) is 6.80. The van der Waals surface area contributed by atoms with Gasteiger partial charge in [0, 0.05) is 12.6 Å². The minimum Gasteiger partial charge on any atom is -0.378 e. The summed E-state index contributed by atoms with van der Waals surface area (Å²) in [7, 11) is 0. The van der Waals surface area contributed by atoms with E-state index in [9.17, 15) is 9.59 Å². The van der Waals surface area contributed by atoms with Crippen molar-refractivity contribution in [1.82, 2.24) is 10.2 Å². The Kier molecular flexibility index (Phi) is 3.72. The number of rotatable bonds is 5. The number of ether oxygens (including phenoxy) is 1. The molecule has 0 radical (unpaired) electrons. The summed E-state index contributed by atoms with van der Waals surface area (Å²) in [4.78, 5) is 27.3. The first kappa shape index (κ1) is 14.8. The molecule has 5 heteroatoms. The van der Waals surface area contributed by atoms with Crippen LogP contribution < -0.4 is 5.32 Å². The lowest BCUT2D eigenvalue weighted by Crippen LogP contribution is -2.73. The predicted octanol–water partition coefficient (Wildman–Crippen LogP) is 1.46. The van der Waals surface area contributed by atoms with Crippen LogP contribution in [0, 0.1) is 5.92 Å². The molecule has 2 atom stereocenters. The van der Waals surface area contributed by atoms with Gasteiger partial charge in [0.05, 0.1) is 6.10 Å². The third kappa shape index (κ3) is 2.35. The molecule has 2 unspecified atom stereocenters. The highest BCUT2D eigenvalue weighted by atomic mass is 16.5. The Balaban J connectivity index is 1.77. The van der Waals surface area contributed by atoms with Crippen molar-refractivity contribution < 1.29 is 14.3 Å². The normalized spacial score (nSPS) is 40.0. The molecule has 5 nitrogen and oxygen atoms in total. The molecule has 0 spiro atoms. The van der Waals surface area contributed by atoms with Crippen molar-refractivity contribution in [2.45, 2.75) is 76.6 Å². The van der Waals surface area contributed by atoms with Crippen LogP contribution in [-0.4, -0.2) is 47.0 Å². The van der Waals surface area contributed by atoms with Crippen molar-refractivity contribution in [3.05, 3.63) is 0 Å². The fourth-order valence-electron chi connectivity index (χ4n) is 3.81. The molecular weight excluding hydrogens is 268 g/mol. The lowest BCUT2D eigenvalue weighted by molar-refractivity contribution is -0.165. The lowest BCUT2D eigenvalue weighted by atomic mass is 9.81. The largest absolute Gasteiger partial charge is 0.378 e. The first-order chi connectivity index (χ1) is 10.0. The van der Waals surface area contributed by atoms with Gasteiger partial charge in [0.15, 0.2) is 0 Å². The van der Waals surface area contributed by atoms with Crippen molar-refractivity contribution in [3.63, 3.8) is 0 Å². The van der Waals surface area contributed by atoms with Crippen LogP contribution in [0.4, 0.5) is 0 Å². The minimum absolute atomic E-state index is 0.0198. The van der Waals surface area contributed by atoms with E-state index in [2.05, 4.69) is 5.32 Å². The highest BCUT2D eigenvalue weighted by molar-refractivity contribution is 6.00. The second-order valence-corrected chi connectivity index (χ2v) is 6.80. The molecule has 3 aliphatic rings. The number of hydrogen-bond acceptors (Lipinski definition) is 3. The van der Waals surface area contributed by atoms with Gasteiger partial charge in [0.1, 0.15) is 11.6 Å². The molecule has 1 saturated heterocycles. The molecule has 0 aromatic carbocycles. The van der Waals surface area contributed by atoms with Gasteiger partial charge in [-0.3, -0.25) is 9.59 Å². The molecule has 3 fully saturated rings. The van der Waals surface area contributed by atoms with E-state index in [0.717, 1.165) is 25.7 Å². The topological polar surface area (TPSA) is 58.6 Å². The Bertz CT molecular complexity index is 443. The predicted molar refractivity (Wildman–Crippen MR) is 78.6 cm³/mol. The molecule has 21 heavy (non-hydrogen) atoms. The third-order valence-electron chi connectivity index (χ3n) is 5.35. The number of nitrogens with one attached hydrogen (secondary N) is 1. The van der Waals surface area contributed by atoms with Crippen LogP contribution in [0.1, 0.15) is 52.9 Å². The van der Waals surface area contributed by atoms with Crippen LogP contribution in [0.25, 0.3) is 0 Å². The fourth-order valence-corrected chi connectivity index (χ4v) is 3.81. The van der Waals surface area contributed by atoms with Gasteiger partial charge in [-0.2, -0.15) is 0 Å². The van der Waals surface area contributed by atoms with E-state index in [1.165, 1.54) is 0 Å². The van der Waals surface area contributed by atoms with E-state index in [4.69, 9.17) is 4.74 Å². The van der Waals surface area contributed by atoms with Gasteiger partial charge < -0.3 is 15.0 Å². The van der Waals surface area contributed by atoms with E-state index in [1.807, 2.05) is 25.7 Å². The highest BCUT2D eigenvalue weighted by Gasteiger charge is 2.57. The molecule has 118 valence electrons. The molecule has 1 aliphatic heterocycles. The Labute approximate surface area is 126 Å². The number of amides is 2. The first-order valence-electron chi connectivity index (χ1n) is 8.27. The summed E-state index contributed by atoms with van der Waals surface area (Å²) in [5.41, 5.74) is -0.681. The van der Waals surface area contributed by atoms with E-state index < -0.39 is 5.54 Å². The number of nitrogens with zero attached hydrogens (tertiary/aromatic N) is 1. The molecule has 2 saturated carbocycles. The zero-order chi connectivity index (χ0) is 15.2. The van der Waals surface area contributed by atoms with Crippen molar-refractivity contribution in [1.29, 1.82) is 0 Å². The molecule has 0 bridgehead atoms. The Morgan fingerprint density at radius 3 is 2.48 bits per heavy atom. The first-order valence-corrected chi connectivity index (χ1v) is 8.27. The van der Waals surface area contributed by atoms with Gasteiger partial charge in [0.25, 0.3) is 0 Å². The average molecular weight is 294 g/mol. The maximum absolute atomic E-state index is 13.0. The fraction of sp³-hybridized carbons (Fsp3) is 0.875. The van der Waals surface area contributed by atoms with Crippen LogP contribution in [0.5, 0.6) is 0 Å². The summed E-state index contributed by atoms with van der Waals surface area (Å²) < 4.78 is 5.60. The van der Waals surface area contributed by atoms with Crippen LogP contribution in [0.3, 0.4) is 0 Å². The number of carbonyl (C=O) groups is 2. The third-order valence-corrected chi connectivity index (χ3v) is 5.35. The van der Waals surface area contributed by atoms with Crippen LogP contribution in [0.15, 0.2) is 0 Å². The van der Waals surface area contributed by atoms with E-state index in [-0.39, 0.29) is 30.0 Å². The highest BCUT2D eigenvalue weighted by Crippen LogP contribution is 2.44. The summed E-state index contributed by atoms with van der Waals surface area (Å²) in [6.07, 6.45) is 4.74. The van der Waals surface area contributed by atoms with Crippen molar-refractivity contribution in [2.24, 2.45) is 5.92 Å². The average Bonchev–Trinajstić information content (AvgIpc) is 3.22.